The molecule has 2 fully saturated rings. The van der Waals surface area contributed by atoms with Crippen LogP contribution in [-0.4, -0.2) is 57.5 Å². The van der Waals surface area contributed by atoms with Gasteiger partial charge in [-0.2, -0.15) is 0 Å². The minimum Gasteiger partial charge on any atom is -0.369 e. The lowest BCUT2D eigenvalue weighted by molar-refractivity contribution is 0.140. The molecule has 0 radical (unpaired) electrons. The van der Waals surface area contributed by atoms with Crippen molar-refractivity contribution in [2.24, 2.45) is 19.9 Å². The molecule has 10 heteroatoms. The van der Waals surface area contributed by atoms with Gasteiger partial charge in [0.2, 0.25) is 5.82 Å². The molecule has 0 atom stereocenters. The number of aromatic nitrogens is 3. The molecule has 31 heavy (non-hydrogen) atoms. The maximum Gasteiger partial charge on any atom is 0.346 e. The number of anilines is 2. The number of nitrogens with two attached hydrogens (primary N) is 1. The van der Waals surface area contributed by atoms with Crippen molar-refractivity contribution in [1.82, 2.24) is 19.2 Å². The van der Waals surface area contributed by atoms with Gasteiger partial charge in [0, 0.05) is 63.1 Å². The standard InChI is InChI=1S/C21H30ClN7O2/c1-25-20(30)19(24-26(2)21(25)31)29(23)17-8-6-16(7-9-17)27-10-12-28(13-11-27)18-5-3-4-15(22)14-18/h3-5,14,16-17H,6-13,23H2,1-2H3. The van der Waals surface area contributed by atoms with Crippen molar-refractivity contribution < 1.29 is 0 Å². The molecule has 2 aromatic rings. The van der Waals surface area contributed by atoms with Gasteiger partial charge in [-0.25, -0.2) is 15.3 Å². The molecule has 9 nitrogen and oxygen atoms in total. The summed E-state index contributed by atoms with van der Waals surface area (Å²) in [7, 11) is 2.97. The summed E-state index contributed by atoms with van der Waals surface area (Å²) in [5, 5.41) is 6.34. The van der Waals surface area contributed by atoms with E-state index in [-0.39, 0.29) is 11.9 Å². The molecular formula is C21H30ClN7O2. The molecule has 168 valence electrons. The van der Waals surface area contributed by atoms with Crippen LogP contribution in [-0.2, 0) is 14.1 Å². The van der Waals surface area contributed by atoms with Gasteiger partial charge in [-0.05, 0) is 43.9 Å². The summed E-state index contributed by atoms with van der Waals surface area (Å²) in [6, 6.07) is 8.61. The first kappa shape index (κ1) is 21.9. The highest BCUT2D eigenvalue weighted by atomic mass is 35.5. The molecule has 0 spiro atoms. The fourth-order valence-corrected chi connectivity index (χ4v) is 4.92. The maximum absolute atomic E-state index is 12.5. The van der Waals surface area contributed by atoms with Crippen LogP contribution in [0.3, 0.4) is 0 Å². The van der Waals surface area contributed by atoms with Crippen molar-refractivity contribution >= 4 is 23.1 Å². The van der Waals surface area contributed by atoms with E-state index in [0.717, 1.165) is 66.1 Å². The molecule has 2 heterocycles. The summed E-state index contributed by atoms with van der Waals surface area (Å²) in [6.07, 6.45) is 3.84. The number of piperazine rings is 1. The van der Waals surface area contributed by atoms with Gasteiger partial charge in [0.15, 0.2) is 0 Å². The van der Waals surface area contributed by atoms with Gasteiger partial charge in [-0.15, -0.1) is 5.10 Å². The van der Waals surface area contributed by atoms with E-state index in [1.807, 2.05) is 18.2 Å². The average molecular weight is 448 g/mol. The second kappa shape index (κ2) is 9.02. The molecule has 2 N–H and O–H groups in total. The van der Waals surface area contributed by atoms with Gasteiger partial charge in [-0.1, -0.05) is 17.7 Å². The van der Waals surface area contributed by atoms with Gasteiger partial charge in [0.1, 0.15) is 0 Å². The number of hydrogen-bond donors (Lipinski definition) is 1. The monoisotopic (exact) mass is 447 g/mol. The number of nitrogens with zero attached hydrogens (tertiary/aromatic N) is 6. The van der Waals surface area contributed by atoms with Crippen LogP contribution in [0.15, 0.2) is 33.9 Å². The molecular weight excluding hydrogens is 418 g/mol. The minimum absolute atomic E-state index is 0.0432. The van der Waals surface area contributed by atoms with Crippen molar-refractivity contribution in [3.05, 3.63) is 50.1 Å². The highest BCUT2D eigenvalue weighted by molar-refractivity contribution is 6.30. The normalized spacial score (nSPS) is 22.5. The SMILES string of the molecule is Cn1nc(N(N)C2CCC(N3CCN(c4cccc(Cl)c4)CC3)CC2)c(=O)n(C)c1=O. The summed E-state index contributed by atoms with van der Waals surface area (Å²) in [4.78, 5) is 29.3. The lowest BCUT2D eigenvalue weighted by Crippen LogP contribution is -2.54. The molecule has 0 amide bonds. The van der Waals surface area contributed by atoms with Crippen LogP contribution in [0.2, 0.25) is 5.02 Å². The smallest absolute Gasteiger partial charge is 0.346 e. The number of hydrogen-bond acceptors (Lipinski definition) is 7. The first-order valence-electron chi connectivity index (χ1n) is 10.8. The van der Waals surface area contributed by atoms with Gasteiger partial charge in [0.25, 0.3) is 0 Å². The fourth-order valence-electron chi connectivity index (χ4n) is 4.74. The lowest BCUT2D eigenvalue weighted by atomic mass is 9.89. The number of hydrazine groups is 1. The third-order valence-corrected chi connectivity index (χ3v) is 6.85. The molecule has 1 aromatic heterocycles. The van der Waals surface area contributed by atoms with Crippen molar-refractivity contribution in [1.29, 1.82) is 0 Å². The van der Waals surface area contributed by atoms with E-state index in [0.29, 0.717) is 6.04 Å². The lowest BCUT2D eigenvalue weighted by Gasteiger charge is -2.43. The largest absolute Gasteiger partial charge is 0.369 e. The molecule has 1 saturated heterocycles. The summed E-state index contributed by atoms with van der Waals surface area (Å²) in [5.41, 5.74) is 0.272. The van der Waals surface area contributed by atoms with E-state index in [1.54, 1.807) is 0 Å². The Balaban J connectivity index is 1.33. The highest BCUT2D eigenvalue weighted by Gasteiger charge is 2.31. The van der Waals surface area contributed by atoms with Gasteiger partial charge in [0.05, 0.1) is 0 Å². The molecule has 1 aromatic carbocycles. The Bertz CT molecular complexity index is 1040. The molecule has 1 saturated carbocycles. The number of aryl methyl sites for hydroxylation is 1. The van der Waals surface area contributed by atoms with E-state index in [2.05, 4.69) is 21.0 Å². The fraction of sp³-hybridized carbons (Fsp3) is 0.571. The Morgan fingerprint density at radius 3 is 2.39 bits per heavy atom. The summed E-state index contributed by atoms with van der Waals surface area (Å²) < 4.78 is 2.20. The summed E-state index contributed by atoms with van der Waals surface area (Å²) >= 11 is 6.14. The van der Waals surface area contributed by atoms with Crippen LogP contribution < -0.4 is 27.0 Å². The van der Waals surface area contributed by atoms with Crippen LogP contribution in [0, 0.1) is 0 Å². The molecule has 1 aliphatic heterocycles. The average Bonchev–Trinajstić information content (AvgIpc) is 2.80. The van der Waals surface area contributed by atoms with E-state index in [1.165, 1.54) is 24.8 Å². The zero-order valence-corrected chi connectivity index (χ0v) is 18.8. The zero-order chi connectivity index (χ0) is 22.1. The third-order valence-electron chi connectivity index (χ3n) is 6.61. The Morgan fingerprint density at radius 2 is 1.74 bits per heavy atom. The minimum atomic E-state index is -0.456. The molecule has 2 aliphatic rings. The molecule has 0 unspecified atom stereocenters. The number of benzene rings is 1. The second-order valence-corrected chi connectivity index (χ2v) is 8.90. The van der Waals surface area contributed by atoms with Crippen molar-refractivity contribution in [3.63, 3.8) is 0 Å². The number of rotatable bonds is 4. The Labute approximate surface area is 186 Å². The van der Waals surface area contributed by atoms with Crippen LogP contribution >= 0.6 is 11.6 Å². The van der Waals surface area contributed by atoms with Gasteiger partial charge >= 0.3 is 11.2 Å². The topological polar surface area (TPSA) is 92.6 Å². The van der Waals surface area contributed by atoms with Crippen molar-refractivity contribution in [3.8, 4) is 0 Å². The van der Waals surface area contributed by atoms with Crippen LogP contribution in [0.5, 0.6) is 0 Å². The molecule has 4 rings (SSSR count). The van der Waals surface area contributed by atoms with E-state index >= 15 is 0 Å². The summed E-state index contributed by atoms with van der Waals surface area (Å²) in [5.74, 6) is 6.42. The van der Waals surface area contributed by atoms with Crippen molar-refractivity contribution in [2.45, 2.75) is 37.8 Å². The quantitative estimate of drug-likeness (QED) is 0.550. The Morgan fingerprint density at radius 1 is 1.06 bits per heavy atom. The van der Waals surface area contributed by atoms with E-state index in [9.17, 15) is 9.59 Å². The predicted molar refractivity (Wildman–Crippen MR) is 123 cm³/mol. The zero-order valence-electron chi connectivity index (χ0n) is 18.1. The van der Waals surface area contributed by atoms with E-state index in [4.69, 9.17) is 17.4 Å². The maximum atomic E-state index is 12.5. The Hall–Kier alpha value is -2.36. The van der Waals surface area contributed by atoms with Crippen LogP contribution in [0.4, 0.5) is 11.5 Å². The first-order chi connectivity index (χ1) is 14.8. The highest BCUT2D eigenvalue weighted by Crippen LogP contribution is 2.28. The van der Waals surface area contributed by atoms with Crippen LogP contribution in [0.25, 0.3) is 0 Å². The first-order valence-corrected chi connectivity index (χ1v) is 11.2. The summed E-state index contributed by atoms with van der Waals surface area (Å²) in [6.45, 7) is 4.02. The molecule has 0 bridgehead atoms. The Kier molecular flexibility index (Phi) is 6.36. The van der Waals surface area contributed by atoms with Crippen LogP contribution in [0.1, 0.15) is 25.7 Å². The number of halogens is 1. The van der Waals surface area contributed by atoms with E-state index < -0.39 is 11.2 Å². The van der Waals surface area contributed by atoms with Gasteiger partial charge in [-0.3, -0.25) is 19.3 Å². The third kappa shape index (κ3) is 4.49. The predicted octanol–water partition coefficient (Wildman–Crippen LogP) is 0.946. The van der Waals surface area contributed by atoms with Gasteiger partial charge < -0.3 is 4.90 Å². The van der Waals surface area contributed by atoms with Crippen molar-refractivity contribution in [2.75, 3.05) is 36.1 Å². The second-order valence-electron chi connectivity index (χ2n) is 8.47. The molecule has 1 aliphatic carbocycles.